The molecule has 0 bridgehead atoms. The van der Waals surface area contributed by atoms with Gasteiger partial charge in [0.2, 0.25) is 0 Å². The van der Waals surface area contributed by atoms with Crippen molar-refractivity contribution in [2.24, 2.45) is 0 Å². The number of hydrogen-bond donors (Lipinski definition) is 2. The maximum atomic E-state index is 12.9. The lowest BCUT2D eigenvalue weighted by atomic mass is 10.1. The first-order valence-electron chi connectivity index (χ1n) is 8.15. The lowest BCUT2D eigenvalue weighted by Gasteiger charge is -2.15. The molecule has 132 valence electrons. The summed E-state index contributed by atoms with van der Waals surface area (Å²) in [7, 11) is 0. The van der Waals surface area contributed by atoms with Gasteiger partial charge in [0.1, 0.15) is 6.54 Å². The van der Waals surface area contributed by atoms with Gasteiger partial charge in [-0.3, -0.25) is 9.59 Å². The van der Waals surface area contributed by atoms with Gasteiger partial charge in [-0.25, -0.2) is 0 Å². The first kappa shape index (κ1) is 17.0. The molecular weight excluding hydrogens is 364 g/mol. The average molecular weight is 377 g/mol. The maximum Gasteiger partial charge on any atom is 0.323 e. The van der Waals surface area contributed by atoms with Crippen molar-refractivity contribution < 1.29 is 9.90 Å². The molecule has 0 fully saturated rings. The lowest BCUT2D eigenvalue weighted by Crippen LogP contribution is -2.16. The number of halogens is 1. The van der Waals surface area contributed by atoms with Crippen molar-refractivity contribution in [2.75, 3.05) is 5.32 Å². The number of aromatic nitrogens is 1. The largest absolute Gasteiger partial charge is 0.480 e. The number of pyridine rings is 1. The second-order valence-electron chi connectivity index (χ2n) is 6.05. The minimum atomic E-state index is -1.01. The third kappa shape index (κ3) is 3.19. The molecule has 27 heavy (non-hydrogen) atoms. The number of carbonyl (C=O) groups is 1. The Morgan fingerprint density at radius 2 is 1.78 bits per heavy atom. The maximum absolute atomic E-state index is 12.9. The van der Waals surface area contributed by atoms with E-state index >= 15 is 0 Å². The Kier molecular flexibility index (Phi) is 4.19. The van der Waals surface area contributed by atoms with Crippen molar-refractivity contribution >= 4 is 50.8 Å². The van der Waals surface area contributed by atoms with Crippen LogP contribution in [0, 0.1) is 12.1 Å². The fourth-order valence-electron chi connectivity index (χ4n) is 3.12. The number of nitrogens with zero attached hydrogens (tertiary/aromatic N) is 1. The molecule has 0 amide bonds. The fraction of sp³-hybridized carbons (Fsp3) is 0.0476. The molecule has 3 aromatic carbocycles. The topological polar surface area (TPSA) is 71.3 Å². The summed E-state index contributed by atoms with van der Waals surface area (Å²) in [5.74, 6) is -1.01. The highest BCUT2D eigenvalue weighted by atomic mass is 35.5. The molecule has 0 aliphatic rings. The van der Waals surface area contributed by atoms with Crippen LogP contribution in [-0.4, -0.2) is 15.6 Å². The molecule has 0 saturated carbocycles. The number of aliphatic carboxylic acids is 1. The van der Waals surface area contributed by atoms with Crippen LogP contribution in [0.4, 0.5) is 11.4 Å². The number of anilines is 2. The summed E-state index contributed by atoms with van der Waals surface area (Å²) in [6, 6.07) is 21.1. The molecule has 1 aromatic heterocycles. The molecule has 0 unspecified atom stereocenters. The zero-order valence-corrected chi connectivity index (χ0v) is 14.7. The van der Waals surface area contributed by atoms with Crippen LogP contribution in [0.5, 0.6) is 0 Å². The average Bonchev–Trinajstić information content (AvgIpc) is 2.65. The molecule has 4 rings (SSSR count). The van der Waals surface area contributed by atoms with Gasteiger partial charge in [-0.05, 0) is 48.5 Å². The number of benzene rings is 2. The van der Waals surface area contributed by atoms with Crippen LogP contribution in [0.2, 0.25) is 5.02 Å². The van der Waals surface area contributed by atoms with E-state index in [0.29, 0.717) is 26.8 Å². The Balaban J connectivity index is 1.99. The van der Waals surface area contributed by atoms with Gasteiger partial charge >= 0.3 is 5.97 Å². The highest BCUT2D eigenvalue weighted by molar-refractivity contribution is 6.31. The van der Waals surface area contributed by atoms with E-state index in [4.69, 9.17) is 11.6 Å². The number of fused-ring (bicyclic) bond motifs is 2. The van der Waals surface area contributed by atoms with E-state index in [9.17, 15) is 14.7 Å². The molecule has 0 saturated heterocycles. The zero-order chi connectivity index (χ0) is 19.0. The van der Waals surface area contributed by atoms with Gasteiger partial charge in [0.15, 0.2) is 5.43 Å². The van der Waals surface area contributed by atoms with Crippen molar-refractivity contribution in [3.63, 3.8) is 0 Å². The summed E-state index contributed by atoms with van der Waals surface area (Å²) in [5, 5.41) is 13.9. The molecule has 0 aliphatic heterocycles. The molecule has 2 N–H and O–H groups in total. The van der Waals surface area contributed by atoms with E-state index in [2.05, 4.69) is 17.4 Å². The van der Waals surface area contributed by atoms with Crippen LogP contribution in [0.25, 0.3) is 21.8 Å². The third-order valence-corrected chi connectivity index (χ3v) is 4.50. The van der Waals surface area contributed by atoms with Crippen molar-refractivity contribution in [1.82, 2.24) is 4.57 Å². The van der Waals surface area contributed by atoms with Gasteiger partial charge in [0.05, 0.1) is 11.0 Å². The van der Waals surface area contributed by atoms with Gasteiger partial charge < -0.3 is 15.0 Å². The Bertz CT molecular complexity index is 1230. The van der Waals surface area contributed by atoms with Crippen molar-refractivity contribution in [1.29, 1.82) is 0 Å². The predicted molar refractivity (Wildman–Crippen MR) is 106 cm³/mol. The fourth-order valence-corrected chi connectivity index (χ4v) is 3.28. The van der Waals surface area contributed by atoms with Gasteiger partial charge in [0, 0.05) is 33.2 Å². The van der Waals surface area contributed by atoms with Gasteiger partial charge in [-0.15, -0.1) is 0 Å². The quantitative estimate of drug-likeness (QED) is 0.523. The molecule has 1 heterocycles. The standard InChI is InChI=1S/C21H13ClN2O3/c22-13-6-8-16-18(10-13)24(12-20(25)26)19-11-15(7-9-17(19)21(16)27)23-14-4-2-1-3-5-14/h2,4-11,23H,12H2,(H,25,26). The third-order valence-electron chi connectivity index (χ3n) is 4.27. The van der Waals surface area contributed by atoms with Gasteiger partial charge in [0.25, 0.3) is 0 Å². The summed E-state index contributed by atoms with van der Waals surface area (Å²) < 4.78 is 1.59. The number of rotatable bonds is 4. The number of hydrogen-bond acceptors (Lipinski definition) is 3. The van der Waals surface area contributed by atoms with E-state index in [-0.39, 0.29) is 12.0 Å². The summed E-state index contributed by atoms with van der Waals surface area (Å²) >= 11 is 6.09. The molecular formula is C21H13ClN2O3. The lowest BCUT2D eigenvalue weighted by molar-refractivity contribution is -0.137. The number of carboxylic acids is 1. The summed E-state index contributed by atoms with van der Waals surface area (Å²) in [5.41, 5.74) is 2.38. The molecule has 0 atom stereocenters. The summed E-state index contributed by atoms with van der Waals surface area (Å²) in [4.78, 5) is 24.3. The van der Waals surface area contributed by atoms with Crippen LogP contribution in [-0.2, 0) is 11.3 Å². The van der Waals surface area contributed by atoms with E-state index in [1.54, 1.807) is 53.1 Å². The summed E-state index contributed by atoms with van der Waals surface area (Å²) in [6.07, 6.45) is 0. The predicted octanol–water partition coefficient (Wildman–Crippen LogP) is 4.24. The van der Waals surface area contributed by atoms with Crippen LogP contribution in [0.1, 0.15) is 0 Å². The smallest absolute Gasteiger partial charge is 0.323 e. The van der Waals surface area contributed by atoms with E-state index < -0.39 is 5.97 Å². The molecule has 0 spiro atoms. The molecule has 0 aliphatic carbocycles. The summed E-state index contributed by atoms with van der Waals surface area (Å²) in [6.45, 7) is -0.287. The molecule has 0 radical (unpaired) electrons. The van der Waals surface area contributed by atoms with Gasteiger partial charge in [-0.1, -0.05) is 23.7 Å². The van der Waals surface area contributed by atoms with Crippen LogP contribution >= 0.6 is 11.6 Å². The highest BCUT2D eigenvalue weighted by Crippen LogP contribution is 2.26. The first-order chi connectivity index (χ1) is 13.0. The first-order valence-corrected chi connectivity index (χ1v) is 8.53. The Hall–Kier alpha value is -3.49. The Morgan fingerprint density at radius 3 is 2.48 bits per heavy atom. The van der Waals surface area contributed by atoms with Crippen LogP contribution in [0.3, 0.4) is 0 Å². The van der Waals surface area contributed by atoms with E-state index in [0.717, 1.165) is 11.4 Å². The normalized spacial score (nSPS) is 10.7. The zero-order valence-electron chi connectivity index (χ0n) is 14.0. The monoisotopic (exact) mass is 376 g/mol. The minimum Gasteiger partial charge on any atom is -0.480 e. The van der Waals surface area contributed by atoms with Crippen LogP contribution < -0.4 is 10.7 Å². The number of carboxylic acid groups (broad SMARTS) is 1. The second kappa shape index (κ2) is 6.67. The van der Waals surface area contributed by atoms with E-state index in [1.807, 2.05) is 6.07 Å². The van der Waals surface area contributed by atoms with Crippen molar-refractivity contribution in [3.8, 4) is 0 Å². The van der Waals surface area contributed by atoms with Crippen LogP contribution in [0.15, 0.2) is 59.4 Å². The Morgan fingerprint density at radius 1 is 1.04 bits per heavy atom. The van der Waals surface area contributed by atoms with Gasteiger partial charge in [-0.2, -0.15) is 0 Å². The van der Waals surface area contributed by atoms with Crippen molar-refractivity contribution in [3.05, 3.63) is 82.0 Å². The van der Waals surface area contributed by atoms with E-state index in [1.165, 1.54) is 0 Å². The SMILES string of the molecule is O=C(O)Cn1c2cc(Cl)ccc2c(=O)c2ccc(Nc3cc#ccc3)cc21. The molecule has 6 heteroatoms. The second-order valence-corrected chi connectivity index (χ2v) is 6.49. The minimum absolute atomic E-state index is 0.160. The van der Waals surface area contributed by atoms with Crippen molar-refractivity contribution in [2.45, 2.75) is 6.54 Å². The molecule has 5 nitrogen and oxygen atoms in total. The number of nitrogens with one attached hydrogen (secondary N) is 1. The molecule has 4 aromatic rings. The Labute approximate surface area is 159 Å². The highest BCUT2D eigenvalue weighted by Gasteiger charge is 2.14.